The van der Waals surface area contributed by atoms with Crippen molar-refractivity contribution in [1.29, 1.82) is 0 Å². The van der Waals surface area contributed by atoms with Crippen LogP contribution in [0.3, 0.4) is 0 Å². The number of para-hydroxylation sites is 1. The number of benzene rings is 1. The number of rotatable bonds is 7. The summed E-state index contributed by atoms with van der Waals surface area (Å²) in [5.41, 5.74) is 1.94. The van der Waals surface area contributed by atoms with E-state index in [2.05, 4.69) is 31.0 Å². The Morgan fingerprint density at radius 3 is 2.62 bits per heavy atom. The molecule has 2 rings (SSSR count). The first-order valence-corrected chi connectivity index (χ1v) is 10.5. The van der Waals surface area contributed by atoms with Gasteiger partial charge < -0.3 is 5.32 Å². The first-order chi connectivity index (χ1) is 11.4. The Labute approximate surface area is 145 Å². The lowest BCUT2D eigenvalue weighted by Crippen LogP contribution is -2.46. The number of hydrogen-bond acceptors (Lipinski definition) is 4. The fourth-order valence-electron chi connectivity index (χ4n) is 3.22. The Morgan fingerprint density at radius 1 is 1.33 bits per heavy atom. The predicted octanol–water partition coefficient (Wildman–Crippen LogP) is 2.48. The van der Waals surface area contributed by atoms with Crippen molar-refractivity contribution in [3.05, 3.63) is 29.8 Å². The molecular formula is C18H28N2O3S. The summed E-state index contributed by atoms with van der Waals surface area (Å²) in [4.78, 5) is 14.6. The number of carbonyl (C=O) groups excluding carboxylic acids is 1. The van der Waals surface area contributed by atoms with Gasteiger partial charge in [0.25, 0.3) is 0 Å². The molecule has 0 aromatic heterocycles. The predicted molar refractivity (Wildman–Crippen MR) is 98.0 cm³/mol. The standard InChI is InChI=1S/C18H28N2O3S/c1-4-14(3)20(16-10-11-24(22,23)13-16)12-18(21)19-17-9-7-6-8-15(17)5-2/h6-9,14,16H,4-5,10-13H2,1-3H3,(H,19,21). The molecule has 1 fully saturated rings. The van der Waals surface area contributed by atoms with Crippen LogP contribution in [0.1, 0.15) is 39.2 Å². The lowest BCUT2D eigenvalue weighted by atomic mass is 10.1. The highest BCUT2D eigenvalue weighted by molar-refractivity contribution is 7.91. The summed E-state index contributed by atoms with van der Waals surface area (Å²) >= 11 is 0. The molecule has 1 saturated heterocycles. The van der Waals surface area contributed by atoms with Gasteiger partial charge in [-0.3, -0.25) is 9.69 Å². The minimum absolute atomic E-state index is 0.0582. The largest absolute Gasteiger partial charge is 0.325 e. The molecule has 1 N–H and O–H groups in total. The van der Waals surface area contributed by atoms with Crippen molar-refractivity contribution < 1.29 is 13.2 Å². The van der Waals surface area contributed by atoms with Gasteiger partial charge in [0.1, 0.15) is 0 Å². The Morgan fingerprint density at radius 2 is 2.04 bits per heavy atom. The Hall–Kier alpha value is -1.40. The number of sulfone groups is 1. The van der Waals surface area contributed by atoms with E-state index >= 15 is 0 Å². The number of amides is 1. The third kappa shape index (κ3) is 4.80. The maximum atomic E-state index is 12.5. The van der Waals surface area contributed by atoms with Gasteiger partial charge in [0.15, 0.2) is 9.84 Å². The lowest BCUT2D eigenvalue weighted by Gasteiger charge is -2.32. The van der Waals surface area contributed by atoms with Gasteiger partial charge in [-0.05, 0) is 37.8 Å². The van der Waals surface area contributed by atoms with Crippen molar-refractivity contribution >= 4 is 21.4 Å². The SMILES string of the molecule is CCc1ccccc1NC(=O)CN(C(C)CC)C1CCS(=O)(=O)C1. The van der Waals surface area contributed by atoms with E-state index in [9.17, 15) is 13.2 Å². The number of nitrogens with zero attached hydrogens (tertiary/aromatic N) is 1. The van der Waals surface area contributed by atoms with Gasteiger partial charge in [0.2, 0.25) is 5.91 Å². The fraction of sp³-hybridized carbons (Fsp3) is 0.611. The summed E-state index contributed by atoms with van der Waals surface area (Å²) in [6.07, 6.45) is 2.35. The van der Waals surface area contributed by atoms with Gasteiger partial charge >= 0.3 is 0 Å². The number of aryl methyl sites for hydroxylation is 1. The molecule has 2 atom stereocenters. The second-order valence-electron chi connectivity index (χ2n) is 6.55. The molecule has 0 spiro atoms. The van der Waals surface area contributed by atoms with Crippen molar-refractivity contribution in [2.24, 2.45) is 0 Å². The number of anilines is 1. The molecule has 5 nitrogen and oxygen atoms in total. The number of nitrogens with one attached hydrogen (secondary N) is 1. The molecule has 0 radical (unpaired) electrons. The van der Waals surface area contributed by atoms with E-state index in [1.165, 1.54) is 0 Å². The van der Waals surface area contributed by atoms with Crippen LogP contribution in [0.15, 0.2) is 24.3 Å². The number of carbonyl (C=O) groups is 1. The van der Waals surface area contributed by atoms with Crippen molar-refractivity contribution in [3.8, 4) is 0 Å². The zero-order valence-electron chi connectivity index (χ0n) is 14.8. The molecule has 0 saturated carbocycles. The molecule has 1 aromatic rings. The van der Waals surface area contributed by atoms with E-state index in [1.807, 2.05) is 24.3 Å². The van der Waals surface area contributed by atoms with Gasteiger partial charge in [0, 0.05) is 17.8 Å². The van der Waals surface area contributed by atoms with Gasteiger partial charge in [-0.1, -0.05) is 32.0 Å². The van der Waals surface area contributed by atoms with Crippen LogP contribution in [0.25, 0.3) is 0 Å². The van der Waals surface area contributed by atoms with Crippen molar-refractivity contribution in [2.45, 2.75) is 52.1 Å². The fourth-order valence-corrected chi connectivity index (χ4v) is 4.96. The molecular weight excluding hydrogens is 324 g/mol. The monoisotopic (exact) mass is 352 g/mol. The molecule has 1 aliphatic rings. The topological polar surface area (TPSA) is 66.5 Å². The smallest absolute Gasteiger partial charge is 0.238 e. The van der Waals surface area contributed by atoms with Gasteiger partial charge in [-0.15, -0.1) is 0 Å². The molecule has 24 heavy (non-hydrogen) atoms. The quantitative estimate of drug-likeness (QED) is 0.819. The maximum Gasteiger partial charge on any atom is 0.238 e. The minimum atomic E-state index is -2.96. The van der Waals surface area contributed by atoms with Crippen LogP contribution >= 0.6 is 0 Å². The van der Waals surface area contributed by atoms with Crippen molar-refractivity contribution in [1.82, 2.24) is 4.90 Å². The van der Waals surface area contributed by atoms with Crippen LogP contribution in [-0.2, 0) is 21.1 Å². The van der Waals surface area contributed by atoms with E-state index in [4.69, 9.17) is 0 Å². The molecule has 2 unspecified atom stereocenters. The summed E-state index contributed by atoms with van der Waals surface area (Å²) in [6, 6.07) is 7.90. The summed E-state index contributed by atoms with van der Waals surface area (Å²) in [6.45, 7) is 6.40. The molecule has 134 valence electrons. The van der Waals surface area contributed by atoms with E-state index in [1.54, 1.807) is 0 Å². The summed E-state index contributed by atoms with van der Waals surface area (Å²) in [7, 11) is -2.96. The van der Waals surface area contributed by atoms with Crippen LogP contribution in [0.5, 0.6) is 0 Å². The minimum Gasteiger partial charge on any atom is -0.325 e. The molecule has 0 bridgehead atoms. The van der Waals surface area contributed by atoms with Crippen LogP contribution in [0.4, 0.5) is 5.69 Å². The van der Waals surface area contributed by atoms with Gasteiger partial charge in [0.05, 0.1) is 18.1 Å². The lowest BCUT2D eigenvalue weighted by molar-refractivity contribution is -0.118. The molecule has 1 aromatic carbocycles. The van der Waals surface area contributed by atoms with Gasteiger partial charge in [-0.2, -0.15) is 0 Å². The Balaban J connectivity index is 2.07. The highest BCUT2D eigenvalue weighted by atomic mass is 32.2. The summed E-state index contributed by atoms with van der Waals surface area (Å²) in [5, 5.41) is 2.99. The summed E-state index contributed by atoms with van der Waals surface area (Å²) < 4.78 is 23.6. The van der Waals surface area contributed by atoms with E-state index < -0.39 is 9.84 Å². The highest BCUT2D eigenvalue weighted by Crippen LogP contribution is 2.21. The normalized spacial score (nSPS) is 20.9. The first kappa shape index (κ1) is 18.9. The van der Waals surface area contributed by atoms with Crippen LogP contribution < -0.4 is 5.32 Å². The maximum absolute atomic E-state index is 12.5. The van der Waals surface area contributed by atoms with Crippen molar-refractivity contribution in [3.63, 3.8) is 0 Å². The Kier molecular flexibility index (Phi) is 6.40. The zero-order chi connectivity index (χ0) is 17.7. The third-order valence-electron chi connectivity index (χ3n) is 4.83. The van der Waals surface area contributed by atoms with Gasteiger partial charge in [-0.25, -0.2) is 8.42 Å². The van der Waals surface area contributed by atoms with Crippen LogP contribution in [0, 0.1) is 0 Å². The van der Waals surface area contributed by atoms with Crippen LogP contribution in [0.2, 0.25) is 0 Å². The zero-order valence-corrected chi connectivity index (χ0v) is 15.6. The average molecular weight is 353 g/mol. The van der Waals surface area contributed by atoms with E-state index in [0.29, 0.717) is 6.42 Å². The molecule has 1 amide bonds. The molecule has 6 heteroatoms. The Bertz CT molecular complexity index is 673. The van der Waals surface area contributed by atoms with Crippen molar-refractivity contribution in [2.75, 3.05) is 23.4 Å². The third-order valence-corrected chi connectivity index (χ3v) is 6.58. The average Bonchev–Trinajstić information content (AvgIpc) is 2.92. The molecule has 1 heterocycles. The van der Waals surface area contributed by atoms with E-state index in [0.717, 1.165) is 24.1 Å². The number of hydrogen-bond donors (Lipinski definition) is 1. The van der Waals surface area contributed by atoms with Crippen LogP contribution in [-0.4, -0.2) is 49.4 Å². The highest BCUT2D eigenvalue weighted by Gasteiger charge is 2.34. The second-order valence-corrected chi connectivity index (χ2v) is 8.77. The second kappa shape index (κ2) is 8.12. The molecule has 0 aliphatic carbocycles. The van der Waals surface area contributed by atoms with E-state index in [-0.39, 0.29) is 36.0 Å². The molecule has 1 aliphatic heterocycles. The summed E-state index contributed by atoms with van der Waals surface area (Å²) in [5.74, 6) is 0.307. The first-order valence-electron chi connectivity index (χ1n) is 8.70.